The number of nitrogens with one attached hydrogen (secondary N) is 1. The Morgan fingerprint density at radius 3 is 2.65 bits per heavy atom. The van der Waals surface area contributed by atoms with E-state index in [4.69, 9.17) is 4.74 Å². The number of hydrogen-bond acceptors (Lipinski definition) is 3. The lowest BCUT2D eigenvalue weighted by atomic mass is 9.80. The first-order valence-electron chi connectivity index (χ1n) is 7.05. The van der Waals surface area contributed by atoms with Gasteiger partial charge in [-0.25, -0.2) is 0 Å². The SMILES string of the molecule is CC(C1CNCCO1)N1CCC(C(C)(C)C)C1. The average molecular weight is 240 g/mol. The Hall–Kier alpha value is -0.120. The Labute approximate surface area is 106 Å². The van der Waals surface area contributed by atoms with Crippen molar-refractivity contribution in [3.05, 3.63) is 0 Å². The highest BCUT2D eigenvalue weighted by molar-refractivity contribution is 4.89. The molecule has 0 spiro atoms. The van der Waals surface area contributed by atoms with Gasteiger partial charge in [0.1, 0.15) is 0 Å². The van der Waals surface area contributed by atoms with Crippen molar-refractivity contribution in [2.45, 2.75) is 46.3 Å². The first-order valence-corrected chi connectivity index (χ1v) is 7.05. The van der Waals surface area contributed by atoms with Crippen molar-refractivity contribution in [2.75, 3.05) is 32.8 Å². The van der Waals surface area contributed by atoms with Crippen molar-refractivity contribution < 1.29 is 4.74 Å². The molecule has 3 nitrogen and oxygen atoms in total. The molecule has 0 saturated carbocycles. The molecule has 2 aliphatic heterocycles. The van der Waals surface area contributed by atoms with Gasteiger partial charge in [-0.2, -0.15) is 0 Å². The molecule has 2 rings (SSSR count). The number of morpholine rings is 1. The minimum absolute atomic E-state index is 0.377. The van der Waals surface area contributed by atoms with Gasteiger partial charge in [-0.3, -0.25) is 4.90 Å². The predicted molar refractivity (Wildman–Crippen MR) is 71.2 cm³/mol. The zero-order chi connectivity index (χ0) is 12.5. The first kappa shape index (κ1) is 13.3. The van der Waals surface area contributed by atoms with Gasteiger partial charge < -0.3 is 10.1 Å². The first-order chi connectivity index (χ1) is 7.98. The minimum atomic E-state index is 0.377. The fraction of sp³-hybridized carbons (Fsp3) is 1.00. The third-order valence-corrected chi connectivity index (χ3v) is 4.51. The molecule has 0 amide bonds. The number of rotatable bonds is 2. The summed E-state index contributed by atoms with van der Waals surface area (Å²) in [6, 6.07) is 0.551. The second-order valence-electron chi connectivity index (χ2n) is 6.70. The maximum Gasteiger partial charge on any atom is 0.0852 e. The fourth-order valence-electron chi connectivity index (χ4n) is 2.99. The van der Waals surface area contributed by atoms with Gasteiger partial charge in [0.2, 0.25) is 0 Å². The molecule has 3 heteroatoms. The van der Waals surface area contributed by atoms with Crippen LogP contribution in [0.4, 0.5) is 0 Å². The van der Waals surface area contributed by atoms with Gasteiger partial charge in [-0.05, 0) is 31.2 Å². The third kappa shape index (κ3) is 3.21. The lowest BCUT2D eigenvalue weighted by molar-refractivity contribution is -0.0224. The van der Waals surface area contributed by atoms with E-state index in [-0.39, 0.29) is 0 Å². The van der Waals surface area contributed by atoms with Crippen molar-refractivity contribution in [1.82, 2.24) is 10.2 Å². The second-order valence-corrected chi connectivity index (χ2v) is 6.70. The number of hydrogen-bond donors (Lipinski definition) is 1. The normalized spacial score (nSPS) is 33.9. The van der Waals surface area contributed by atoms with Gasteiger partial charge >= 0.3 is 0 Å². The van der Waals surface area contributed by atoms with Gasteiger partial charge in [0.05, 0.1) is 12.7 Å². The molecule has 0 bridgehead atoms. The molecule has 0 aromatic heterocycles. The second kappa shape index (κ2) is 5.25. The van der Waals surface area contributed by atoms with Crippen molar-refractivity contribution in [1.29, 1.82) is 0 Å². The van der Waals surface area contributed by atoms with Crippen LogP contribution in [0.25, 0.3) is 0 Å². The van der Waals surface area contributed by atoms with E-state index in [1.165, 1.54) is 19.5 Å². The molecule has 2 heterocycles. The lowest BCUT2D eigenvalue weighted by Gasteiger charge is -2.35. The summed E-state index contributed by atoms with van der Waals surface area (Å²) < 4.78 is 5.87. The van der Waals surface area contributed by atoms with Gasteiger partial charge in [-0.15, -0.1) is 0 Å². The van der Waals surface area contributed by atoms with Gasteiger partial charge in [0.15, 0.2) is 0 Å². The Bertz CT molecular complexity index is 243. The van der Waals surface area contributed by atoms with Crippen LogP contribution in [0, 0.1) is 11.3 Å². The number of nitrogens with zero attached hydrogens (tertiary/aromatic N) is 1. The van der Waals surface area contributed by atoms with Crippen LogP contribution in [-0.2, 0) is 4.74 Å². The molecule has 2 fully saturated rings. The summed E-state index contributed by atoms with van der Waals surface area (Å²) in [5.41, 5.74) is 0.445. The summed E-state index contributed by atoms with van der Waals surface area (Å²) in [6.45, 7) is 14.8. The zero-order valence-electron chi connectivity index (χ0n) is 11.8. The number of ether oxygens (including phenoxy) is 1. The van der Waals surface area contributed by atoms with Crippen LogP contribution in [0.5, 0.6) is 0 Å². The van der Waals surface area contributed by atoms with Crippen LogP contribution < -0.4 is 5.32 Å². The van der Waals surface area contributed by atoms with Crippen LogP contribution in [0.2, 0.25) is 0 Å². The molecule has 17 heavy (non-hydrogen) atoms. The highest BCUT2D eigenvalue weighted by atomic mass is 16.5. The Morgan fingerprint density at radius 2 is 2.12 bits per heavy atom. The van der Waals surface area contributed by atoms with Crippen molar-refractivity contribution >= 4 is 0 Å². The quantitative estimate of drug-likeness (QED) is 0.795. The molecular formula is C14H28N2O. The fourth-order valence-corrected chi connectivity index (χ4v) is 2.99. The Morgan fingerprint density at radius 1 is 1.35 bits per heavy atom. The van der Waals surface area contributed by atoms with Crippen LogP contribution in [-0.4, -0.2) is 49.8 Å². The van der Waals surface area contributed by atoms with Crippen molar-refractivity contribution in [2.24, 2.45) is 11.3 Å². The average Bonchev–Trinajstić information content (AvgIpc) is 2.78. The molecule has 3 unspecified atom stereocenters. The van der Waals surface area contributed by atoms with E-state index in [9.17, 15) is 0 Å². The van der Waals surface area contributed by atoms with E-state index >= 15 is 0 Å². The Kier molecular flexibility index (Phi) is 4.11. The van der Waals surface area contributed by atoms with E-state index in [2.05, 4.69) is 37.9 Å². The molecular weight excluding hydrogens is 212 g/mol. The zero-order valence-corrected chi connectivity index (χ0v) is 11.8. The monoisotopic (exact) mass is 240 g/mol. The van der Waals surface area contributed by atoms with Crippen LogP contribution in [0.3, 0.4) is 0 Å². The van der Waals surface area contributed by atoms with Crippen LogP contribution >= 0.6 is 0 Å². The van der Waals surface area contributed by atoms with Gasteiger partial charge in [-0.1, -0.05) is 20.8 Å². The van der Waals surface area contributed by atoms with E-state index in [1.54, 1.807) is 0 Å². The highest BCUT2D eigenvalue weighted by Crippen LogP contribution is 2.34. The van der Waals surface area contributed by atoms with E-state index in [0.29, 0.717) is 17.6 Å². The molecule has 2 saturated heterocycles. The van der Waals surface area contributed by atoms with Crippen molar-refractivity contribution in [3.63, 3.8) is 0 Å². The lowest BCUT2D eigenvalue weighted by Crippen LogP contribution is -2.50. The van der Waals surface area contributed by atoms with E-state index in [1.807, 2.05) is 0 Å². The topological polar surface area (TPSA) is 24.5 Å². The van der Waals surface area contributed by atoms with Crippen molar-refractivity contribution in [3.8, 4) is 0 Å². The Balaban J connectivity index is 1.87. The maximum atomic E-state index is 5.87. The van der Waals surface area contributed by atoms with Gasteiger partial charge in [0.25, 0.3) is 0 Å². The molecule has 0 radical (unpaired) electrons. The highest BCUT2D eigenvalue weighted by Gasteiger charge is 2.36. The standard InChI is InChI=1S/C14H28N2O/c1-11(13-9-15-6-8-17-13)16-7-5-12(10-16)14(2,3)4/h11-13,15H,5-10H2,1-4H3. The molecule has 0 aliphatic carbocycles. The summed E-state index contributed by atoms with van der Waals surface area (Å²) in [6.07, 6.45) is 1.72. The minimum Gasteiger partial charge on any atom is -0.374 e. The summed E-state index contributed by atoms with van der Waals surface area (Å²) in [5.74, 6) is 0.835. The molecule has 2 aliphatic rings. The summed E-state index contributed by atoms with van der Waals surface area (Å²) >= 11 is 0. The molecule has 100 valence electrons. The van der Waals surface area contributed by atoms with Crippen LogP contribution in [0.15, 0.2) is 0 Å². The predicted octanol–water partition coefficient (Wildman–Crippen LogP) is 1.73. The molecule has 3 atom stereocenters. The maximum absolute atomic E-state index is 5.87. The number of likely N-dealkylation sites (tertiary alicyclic amines) is 1. The van der Waals surface area contributed by atoms with E-state index in [0.717, 1.165) is 25.6 Å². The summed E-state index contributed by atoms with van der Waals surface area (Å²) in [7, 11) is 0. The smallest absolute Gasteiger partial charge is 0.0852 e. The molecule has 1 N–H and O–H groups in total. The summed E-state index contributed by atoms with van der Waals surface area (Å²) in [4.78, 5) is 2.62. The largest absolute Gasteiger partial charge is 0.374 e. The van der Waals surface area contributed by atoms with Crippen LogP contribution in [0.1, 0.15) is 34.1 Å². The molecule has 0 aromatic rings. The summed E-state index contributed by atoms with van der Waals surface area (Å²) in [5, 5.41) is 3.43. The van der Waals surface area contributed by atoms with Gasteiger partial charge in [0, 0.05) is 25.7 Å². The molecule has 0 aromatic carbocycles. The third-order valence-electron chi connectivity index (χ3n) is 4.51. The van der Waals surface area contributed by atoms with E-state index < -0.39 is 0 Å².